The minimum atomic E-state index is -0.292. The quantitative estimate of drug-likeness (QED) is 0.583. The van der Waals surface area contributed by atoms with Crippen molar-refractivity contribution in [1.82, 2.24) is 20.2 Å². The molecule has 2 aromatic carbocycles. The summed E-state index contributed by atoms with van der Waals surface area (Å²) in [6.07, 6.45) is 0. The monoisotopic (exact) mass is 310 g/mol. The molecule has 0 aliphatic rings. The van der Waals surface area contributed by atoms with Crippen molar-refractivity contribution >= 4 is 11.0 Å². The van der Waals surface area contributed by atoms with Gasteiger partial charge in [-0.3, -0.25) is 5.10 Å². The lowest BCUT2D eigenvalue weighted by Gasteiger charge is -1.94. The number of halogens is 2. The second-order valence-electron chi connectivity index (χ2n) is 5.38. The molecule has 0 unspecified atom stereocenters. The number of aromatic amines is 2. The summed E-state index contributed by atoms with van der Waals surface area (Å²) in [5.74, 6) is -0.00258. The minimum absolute atomic E-state index is 0.285. The van der Waals surface area contributed by atoms with E-state index in [0.717, 1.165) is 11.1 Å². The van der Waals surface area contributed by atoms with Crippen LogP contribution in [0.5, 0.6) is 0 Å². The van der Waals surface area contributed by atoms with Crippen molar-refractivity contribution in [3.63, 3.8) is 0 Å². The lowest BCUT2D eigenvalue weighted by molar-refractivity contribution is 0.620. The first-order valence-corrected chi connectivity index (χ1v) is 7.08. The van der Waals surface area contributed by atoms with Crippen molar-refractivity contribution in [3.05, 3.63) is 59.7 Å². The predicted octanol–water partition coefficient (Wildman–Crippen LogP) is 4.21. The fourth-order valence-corrected chi connectivity index (χ4v) is 2.48. The van der Waals surface area contributed by atoms with E-state index < -0.39 is 0 Å². The first-order valence-electron chi connectivity index (χ1n) is 7.08. The maximum absolute atomic E-state index is 13.6. The number of H-pyrrole nitrogens is 2. The highest BCUT2D eigenvalue weighted by atomic mass is 19.1. The molecule has 0 aliphatic heterocycles. The molecule has 2 N–H and O–H groups in total. The van der Waals surface area contributed by atoms with Crippen molar-refractivity contribution in [2.75, 3.05) is 0 Å². The smallest absolute Gasteiger partial charge is 0.156 e. The Morgan fingerprint density at radius 3 is 2.57 bits per heavy atom. The van der Waals surface area contributed by atoms with Crippen LogP contribution in [0, 0.1) is 18.6 Å². The zero-order chi connectivity index (χ0) is 16.0. The number of nitrogens with zero attached hydrogens (tertiary/aromatic N) is 2. The average Bonchev–Trinajstić information content (AvgIpc) is 3.15. The summed E-state index contributed by atoms with van der Waals surface area (Å²) in [4.78, 5) is 7.52. The van der Waals surface area contributed by atoms with Crippen molar-refractivity contribution in [2.45, 2.75) is 6.92 Å². The number of hydrogen-bond acceptors (Lipinski definition) is 2. The summed E-state index contributed by atoms with van der Waals surface area (Å²) in [6, 6.07) is 11.0. The lowest BCUT2D eigenvalue weighted by Crippen LogP contribution is -1.81. The Kier molecular flexibility index (Phi) is 2.97. The number of imidazole rings is 1. The van der Waals surface area contributed by atoms with Crippen molar-refractivity contribution in [2.24, 2.45) is 0 Å². The first-order chi connectivity index (χ1) is 11.1. The van der Waals surface area contributed by atoms with E-state index in [-0.39, 0.29) is 11.6 Å². The van der Waals surface area contributed by atoms with Crippen LogP contribution in [0.15, 0.2) is 42.5 Å². The fraction of sp³-hybridized carbons (Fsp3) is 0.0588. The van der Waals surface area contributed by atoms with Crippen LogP contribution in [-0.2, 0) is 0 Å². The van der Waals surface area contributed by atoms with Crippen molar-refractivity contribution in [1.29, 1.82) is 0 Å². The van der Waals surface area contributed by atoms with Crippen LogP contribution in [0.3, 0.4) is 0 Å². The number of fused-ring (bicyclic) bond motifs is 1. The molecule has 0 saturated carbocycles. The van der Waals surface area contributed by atoms with Gasteiger partial charge in [-0.05, 0) is 48.9 Å². The van der Waals surface area contributed by atoms with E-state index in [9.17, 15) is 8.78 Å². The summed E-state index contributed by atoms with van der Waals surface area (Å²) in [6.45, 7) is 1.71. The van der Waals surface area contributed by atoms with Crippen LogP contribution in [0.25, 0.3) is 33.8 Å². The van der Waals surface area contributed by atoms with Gasteiger partial charge >= 0.3 is 0 Å². The van der Waals surface area contributed by atoms with E-state index in [1.165, 1.54) is 18.2 Å². The second kappa shape index (κ2) is 5.01. The third kappa shape index (κ3) is 2.38. The molecule has 0 aliphatic carbocycles. The molecule has 4 aromatic rings. The molecule has 4 nitrogen and oxygen atoms in total. The Balaban J connectivity index is 1.75. The predicted molar refractivity (Wildman–Crippen MR) is 83.8 cm³/mol. The molecule has 6 heteroatoms. The maximum Gasteiger partial charge on any atom is 0.156 e. The normalized spacial score (nSPS) is 11.3. The molecule has 0 radical (unpaired) electrons. The maximum atomic E-state index is 13.6. The minimum Gasteiger partial charge on any atom is -0.337 e. The molecule has 0 bridgehead atoms. The summed E-state index contributed by atoms with van der Waals surface area (Å²) >= 11 is 0. The molecule has 0 fully saturated rings. The molecule has 0 amide bonds. The highest BCUT2D eigenvalue weighted by Crippen LogP contribution is 2.25. The van der Waals surface area contributed by atoms with Gasteiger partial charge in [0.1, 0.15) is 17.3 Å². The molecule has 4 rings (SSSR count). The van der Waals surface area contributed by atoms with Gasteiger partial charge in [-0.1, -0.05) is 0 Å². The Hall–Kier alpha value is -3.02. The molecule has 2 heterocycles. The summed E-state index contributed by atoms with van der Waals surface area (Å²) in [5, 5.41) is 7.11. The fourth-order valence-electron chi connectivity index (χ4n) is 2.48. The number of rotatable bonds is 2. The van der Waals surface area contributed by atoms with E-state index in [2.05, 4.69) is 20.2 Å². The third-order valence-electron chi connectivity index (χ3n) is 3.74. The van der Waals surface area contributed by atoms with E-state index in [1.807, 2.05) is 6.07 Å². The molecule has 0 spiro atoms. The van der Waals surface area contributed by atoms with Crippen LogP contribution in [0.1, 0.15) is 5.56 Å². The van der Waals surface area contributed by atoms with E-state index >= 15 is 0 Å². The van der Waals surface area contributed by atoms with Gasteiger partial charge in [-0.25, -0.2) is 13.8 Å². The summed E-state index contributed by atoms with van der Waals surface area (Å²) < 4.78 is 26.6. The van der Waals surface area contributed by atoms with Crippen LogP contribution < -0.4 is 0 Å². The number of nitrogens with one attached hydrogen (secondary N) is 2. The van der Waals surface area contributed by atoms with Gasteiger partial charge in [0.05, 0.1) is 16.7 Å². The standard InChI is InChI=1S/C17H12F2N4/c1-9-6-14-15(7-12(9)19)21-17(20-14)16-8-13(22-23-16)10-2-4-11(18)5-3-10/h2-8H,1H3,(H,20,21)(H,22,23). The molecule has 114 valence electrons. The number of benzene rings is 2. The molecule has 0 saturated heterocycles. The summed E-state index contributed by atoms with van der Waals surface area (Å²) in [5.41, 5.74) is 4.04. The van der Waals surface area contributed by atoms with Gasteiger partial charge in [-0.15, -0.1) is 0 Å². The molecule has 0 atom stereocenters. The third-order valence-corrected chi connectivity index (χ3v) is 3.74. The second-order valence-corrected chi connectivity index (χ2v) is 5.38. The van der Waals surface area contributed by atoms with Gasteiger partial charge in [0.2, 0.25) is 0 Å². The zero-order valence-electron chi connectivity index (χ0n) is 12.2. The van der Waals surface area contributed by atoms with E-state index in [4.69, 9.17) is 0 Å². The van der Waals surface area contributed by atoms with Crippen LogP contribution in [0.4, 0.5) is 8.78 Å². The number of aryl methyl sites for hydroxylation is 1. The highest BCUT2D eigenvalue weighted by Gasteiger charge is 2.11. The van der Waals surface area contributed by atoms with E-state index in [0.29, 0.717) is 28.3 Å². The summed E-state index contributed by atoms with van der Waals surface area (Å²) in [7, 11) is 0. The van der Waals surface area contributed by atoms with Crippen LogP contribution in [0.2, 0.25) is 0 Å². The van der Waals surface area contributed by atoms with Crippen molar-refractivity contribution in [3.8, 4) is 22.8 Å². The molecule has 2 aromatic heterocycles. The molecular weight excluding hydrogens is 298 g/mol. The zero-order valence-corrected chi connectivity index (χ0v) is 12.2. The Bertz CT molecular complexity index is 960. The van der Waals surface area contributed by atoms with Gasteiger partial charge in [0.25, 0.3) is 0 Å². The molecular formula is C17H12F2N4. The SMILES string of the molecule is Cc1cc2[nH]c(-c3cc(-c4ccc(F)cc4)n[nH]3)nc2cc1F. The van der Waals surface area contributed by atoms with Gasteiger partial charge in [0.15, 0.2) is 5.82 Å². The van der Waals surface area contributed by atoms with Crippen molar-refractivity contribution < 1.29 is 8.78 Å². The first kappa shape index (κ1) is 13.6. The van der Waals surface area contributed by atoms with Crippen LogP contribution in [-0.4, -0.2) is 20.2 Å². The Morgan fingerprint density at radius 2 is 1.78 bits per heavy atom. The van der Waals surface area contributed by atoms with Gasteiger partial charge < -0.3 is 4.98 Å². The topological polar surface area (TPSA) is 57.4 Å². The van der Waals surface area contributed by atoms with E-state index in [1.54, 1.807) is 25.1 Å². The number of hydrogen-bond donors (Lipinski definition) is 2. The van der Waals surface area contributed by atoms with Crippen LogP contribution >= 0.6 is 0 Å². The number of aromatic nitrogens is 4. The molecule has 23 heavy (non-hydrogen) atoms. The average molecular weight is 310 g/mol. The van der Waals surface area contributed by atoms with Gasteiger partial charge in [0, 0.05) is 11.6 Å². The Labute approximate surface area is 130 Å². The highest BCUT2D eigenvalue weighted by molar-refractivity contribution is 5.80. The lowest BCUT2D eigenvalue weighted by atomic mass is 10.1. The Morgan fingerprint density at radius 1 is 1.00 bits per heavy atom. The largest absolute Gasteiger partial charge is 0.337 e. The van der Waals surface area contributed by atoms with Gasteiger partial charge in [-0.2, -0.15) is 5.10 Å².